The van der Waals surface area contributed by atoms with Crippen molar-refractivity contribution in [3.8, 4) is 5.75 Å². The molecule has 0 bridgehead atoms. The molecule has 0 aliphatic carbocycles. The van der Waals surface area contributed by atoms with Crippen LogP contribution in [0, 0.1) is 17.0 Å². The van der Waals surface area contributed by atoms with Crippen LogP contribution in [0.4, 0.5) is 11.4 Å². The number of nitrogen functional groups attached to an aromatic ring is 1. The summed E-state index contributed by atoms with van der Waals surface area (Å²) in [6.07, 6.45) is 0.500. The summed E-state index contributed by atoms with van der Waals surface area (Å²) in [5.41, 5.74) is 6.50. The Bertz CT molecular complexity index is 574. The molecule has 2 aromatic carbocycles. The standard InChI is InChI=1S/C7H8.C6H6N2O3.C3H8O2/c1-7-5-3-2-4-6-7;7-5-2-1-4(8(10)11)3-6(5)9;4-2-1-3-5/h2-6H,1H3;1-3,9H,7H2;4-5H,1-3H2. The second-order valence-corrected chi connectivity index (χ2v) is 4.46. The Morgan fingerprint density at radius 1 is 1.09 bits per heavy atom. The monoisotopic (exact) mass is 322 g/mol. The van der Waals surface area contributed by atoms with E-state index in [-0.39, 0.29) is 30.3 Å². The molecule has 0 atom stereocenters. The van der Waals surface area contributed by atoms with Gasteiger partial charge in [0.25, 0.3) is 5.69 Å². The number of rotatable bonds is 3. The van der Waals surface area contributed by atoms with Crippen molar-refractivity contribution in [3.05, 3.63) is 64.2 Å². The van der Waals surface area contributed by atoms with Gasteiger partial charge in [0.05, 0.1) is 16.7 Å². The first kappa shape index (κ1) is 20.4. The molecular formula is C16H22N2O5. The van der Waals surface area contributed by atoms with Gasteiger partial charge >= 0.3 is 0 Å². The lowest BCUT2D eigenvalue weighted by Gasteiger charge is -1.95. The van der Waals surface area contributed by atoms with E-state index >= 15 is 0 Å². The third kappa shape index (κ3) is 9.83. The summed E-state index contributed by atoms with van der Waals surface area (Å²) in [5.74, 6) is -0.265. The minimum Gasteiger partial charge on any atom is -0.506 e. The van der Waals surface area contributed by atoms with E-state index < -0.39 is 4.92 Å². The summed E-state index contributed by atoms with van der Waals surface area (Å²) >= 11 is 0. The number of hydrogen-bond donors (Lipinski definition) is 4. The van der Waals surface area contributed by atoms with Crippen LogP contribution in [-0.2, 0) is 0 Å². The largest absolute Gasteiger partial charge is 0.506 e. The first-order valence-electron chi connectivity index (χ1n) is 6.88. The maximum atomic E-state index is 10.1. The summed E-state index contributed by atoms with van der Waals surface area (Å²) in [6.45, 7) is 2.27. The maximum Gasteiger partial charge on any atom is 0.273 e. The number of aromatic hydroxyl groups is 1. The molecule has 0 unspecified atom stereocenters. The van der Waals surface area contributed by atoms with Gasteiger partial charge in [0, 0.05) is 19.3 Å². The molecule has 0 aliphatic rings. The number of phenols is 1. The van der Waals surface area contributed by atoms with Crippen molar-refractivity contribution in [2.75, 3.05) is 18.9 Å². The second-order valence-electron chi connectivity index (χ2n) is 4.46. The Morgan fingerprint density at radius 3 is 1.96 bits per heavy atom. The molecule has 0 saturated carbocycles. The summed E-state index contributed by atoms with van der Waals surface area (Å²) in [4.78, 5) is 9.52. The molecule has 0 heterocycles. The smallest absolute Gasteiger partial charge is 0.273 e. The van der Waals surface area contributed by atoms with E-state index in [0.29, 0.717) is 6.42 Å². The number of non-ortho nitro benzene ring substituents is 1. The van der Waals surface area contributed by atoms with Crippen LogP contribution in [-0.4, -0.2) is 33.5 Å². The number of benzene rings is 2. The SMILES string of the molecule is Cc1ccccc1.Nc1ccc([N+](=O)[O-])cc1O.OCCCO. The first-order chi connectivity index (χ1) is 10.9. The van der Waals surface area contributed by atoms with Crippen molar-refractivity contribution in [1.29, 1.82) is 0 Å². The molecule has 7 heteroatoms. The molecule has 0 aliphatic heterocycles. The van der Waals surface area contributed by atoms with Crippen molar-refractivity contribution >= 4 is 11.4 Å². The van der Waals surface area contributed by atoms with E-state index in [1.807, 2.05) is 18.2 Å². The van der Waals surface area contributed by atoms with E-state index in [2.05, 4.69) is 19.1 Å². The van der Waals surface area contributed by atoms with Crippen molar-refractivity contribution in [1.82, 2.24) is 0 Å². The van der Waals surface area contributed by atoms with Crippen LogP contribution in [0.15, 0.2) is 48.5 Å². The van der Waals surface area contributed by atoms with Crippen molar-refractivity contribution in [3.63, 3.8) is 0 Å². The summed E-state index contributed by atoms with van der Waals surface area (Å²) in [6, 6.07) is 13.8. The second kappa shape index (κ2) is 12.0. The first-order valence-corrected chi connectivity index (χ1v) is 6.88. The van der Waals surface area contributed by atoms with Crippen LogP contribution in [0.25, 0.3) is 0 Å². The number of nitrogens with two attached hydrogens (primary N) is 1. The Hall–Kier alpha value is -2.64. The molecule has 2 aromatic rings. The number of anilines is 1. The van der Waals surface area contributed by atoms with Crippen molar-refractivity contribution in [2.24, 2.45) is 0 Å². The average Bonchev–Trinajstić information content (AvgIpc) is 2.52. The number of nitro groups is 1. The predicted molar refractivity (Wildman–Crippen MR) is 89.1 cm³/mol. The molecule has 0 spiro atoms. The third-order valence-electron chi connectivity index (χ3n) is 2.48. The van der Waals surface area contributed by atoms with Crippen LogP contribution < -0.4 is 5.73 Å². The lowest BCUT2D eigenvalue weighted by Crippen LogP contribution is -1.89. The molecule has 0 radical (unpaired) electrons. The molecule has 0 saturated heterocycles. The average molecular weight is 322 g/mol. The number of aliphatic hydroxyl groups is 2. The van der Waals surface area contributed by atoms with Gasteiger partial charge < -0.3 is 21.1 Å². The highest BCUT2D eigenvalue weighted by Gasteiger charge is 2.06. The number of phenolic OH excluding ortho intramolecular Hbond substituents is 1. The minimum absolute atomic E-state index is 0.0938. The number of nitro benzene ring substituents is 1. The molecule has 23 heavy (non-hydrogen) atoms. The molecule has 0 fully saturated rings. The van der Waals surface area contributed by atoms with Gasteiger partial charge in [-0.2, -0.15) is 0 Å². The van der Waals surface area contributed by atoms with Crippen molar-refractivity contribution < 1.29 is 20.2 Å². The number of nitrogens with zero attached hydrogens (tertiary/aromatic N) is 1. The van der Waals surface area contributed by atoms with Crippen LogP contribution in [0.5, 0.6) is 5.75 Å². The molecule has 2 rings (SSSR count). The number of aliphatic hydroxyl groups excluding tert-OH is 2. The fraction of sp³-hybridized carbons (Fsp3) is 0.250. The van der Waals surface area contributed by atoms with Gasteiger partial charge in [-0.25, -0.2) is 0 Å². The zero-order chi connectivity index (χ0) is 17.7. The maximum absolute atomic E-state index is 10.1. The highest BCUT2D eigenvalue weighted by Crippen LogP contribution is 2.24. The highest BCUT2D eigenvalue weighted by atomic mass is 16.6. The lowest BCUT2D eigenvalue weighted by atomic mass is 10.2. The van der Waals surface area contributed by atoms with Gasteiger partial charge in [-0.15, -0.1) is 0 Å². The van der Waals surface area contributed by atoms with E-state index in [1.54, 1.807) is 0 Å². The Kier molecular flexibility index (Phi) is 10.6. The Morgan fingerprint density at radius 2 is 1.65 bits per heavy atom. The normalized spacial score (nSPS) is 9.00. The molecule has 0 aromatic heterocycles. The molecule has 126 valence electrons. The van der Waals surface area contributed by atoms with Gasteiger partial charge in [0.2, 0.25) is 0 Å². The van der Waals surface area contributed by atoms with Gasteiger partial charge in [-0.1, -0.05) is 35.9 Å². The Labute approximate surface area is 134 Å². The van der Waals surface area contributed by atoms with Crippen LogP contribution in [0.3, 0.4) is 0 Å². The third-order valence-corrected chi connectivity index (χ3v) is 2.48. The van der Waals surface area contributed by atoms with E-state index in [1.165, 1.54) is 17.7 Å². The van der Waals surface area contributed by atoms with Gasteiger partial charge in [-0.05, 0) is 19.4 Å². The fourth-order valence-electron chi connectivity index (χ4n) is 1.25. The van der Waals surface area contributed by atoms with Crippen molar-refractivity contribution in [2.45, 2.75) is 13.3 Å². The van der Waals surface area contributed by atoms with Gasteiger partial charge in [0.15, 0.2) is 0 Å². The number of hydrogen-bond acceptors (Lipinski definition) is 6. The summed E-state index contributed by atoms with van der Waals surface area (Å²) < 4.78 is 0. The Balaban J connectivity index is 0.000000347. The van der Waals surface area contributed by atoms with E-state index in [9.17, 15) is 10.1 Å². The topological polar surface area (TPSA) is 130 Å². The van der Waals surface area contributed by atoms with Gasteiger partial charge in [-0.3, -0.25) is 10.1 Å². The zero-order valence-electron chi connectivity index (χ0n) is 12.9. The van der Waals surface area contributed by atoms with Crippen LogP contribution >= 0.6 is 0 Å². The zero-order valence-corrected chi connectivity index (χ0v) is 12.9. The van der Waals surface area contributed by atoms with E-state index in [4.69, 9.17) is 21.1 Å². The predicted octanol–water partition coefficient (Wildman–Crippen LogP) is 2.24. The molecular weight excluding hydrogens is 300 g/mol. The summed E-state index contributed by atoms with van der Waals surface area (Å²) in [7, 11) is 0. The number of aryl methyl sites for hydroxylation is 1. The highest BCUT2D eigenvalue weighted by molar-refractivity contribution is 5.56. The lowest BCUT2D eigenvalue weighted by molar-refractivity contribution is -0.384. The molecule has 0 amide bonds. The van der Waals surface area contributed by atoms with E-state index in [0.717, 1.165) is 6.07 Å². The molecule has 7 nitrogen and oxygen atoms in total. The molecule has 5 N–H and O–H groups in total. The van der Waals surface area contributed by atoms with Gasteiger partial charge in [0.1, 0.15) is 5.75 Å². The summed E-state index contributed by atoms with van der Waals surface area (Å²) in [5, 5.41) is 34.9. The quantitative estimate of drug-likeness (QED) is 0.297. The fourth-order valence-corrected chi connectivity index (χ4v) is 1.25. The van der Waals surface area contributed by atoms with Crippen LogP contribution in [0.1, 0.15) is 12.0 Å². The minimum atomic E-state index is -0.598. The van der Waals surface area contributed by atoms with Crippen LogP contribution in [0.2, 0.25) is 0 Å².